The van der Waals surface area contributed by atoms with Gasteiger partial charge in [-0.2, -0.15) is 0 Å². The summed E-state index contributed by atoms with van der Waals surface area (Å²) in [6.07, 6.45) is 2.08. The van der Waals surface area contributed by atoms with E-state index in [1.165, 1.54) is 0 Å². The molecule has 0 aromatic rings. The summed E-state index contributed by atoms with van der Waals surface area (Å²) in [7, 11) is 0. The Hall–Kier alpha value is -1.30. The fourth-order valence-electron chi connectivity index (χ4n) is 3.13. The first-order valence-corrected chi connectivity index (χ1v) is 6.79. The maximum Gasteiger partial charge on any atom is 0.317 e. The molecule has 0 aromatic heterocycles. The van der Waals surface area contributed by atoms with Crippen LogP contribution < -0.4 is 10.6 Å². The quantitative estimate of drug-likeness (QED) is 0.643. The molecule has 3 saturated heterocycles. The molecule has 2 atom stereocenters. The Morgan fingerprint density at radius 2 is 2.17 bits per heavy atom. The van der Waals surface area contributed by atoms with E-state index in [1.807, 2.05) is 9.80 Å². The van der Waals surface area contributed by atoms with Crippen LogP contribution in [0.4, 0.5) is 4.79 Å². The summed E-state index contributed by atoms with van der Waals surface area (Å²) in [4.78, 5) is 27.7. The van der Waals surface area contributed by atoms with Crippen LogP contribution in [0.3, 0.4) is 0 Å². The molecule has 0 spiro atoms. The van der Waals surface area contributed by atoms with E-state index < -0.39 is 0 Å². The first-order chi connectivity index (χ1) is 8.75. The van der Waals surface area contributed by atoms with Gasteiger partial charge in [0.05, 0.1) is 12.0 Å². The zero-order valence-electron chi connectivity index (χ0n) is 10.5. The highest BCUT2D eigenvalue weighted by Gasteiger charge is 2.38. The lowest BCUT2D eigenvalue weighted by molar-refractivity contribution is -0.138. The lowest BCUT2D eigenvalue weighted by Crippen LogP contribution is -2.56. The molecule has 0 radical (unpaired) electrons. The molecule has 0 bridgehead atoms. The largest absolute Gasteiger partial charge is 0.339 e. The number of hydrogen-bond donors (Lipinski definition) is 2. The Labute approximate surface area is 107 Å². The highest BCUT2D eigenvalue weighted by Crippen LogP contribution is 2.19. The maximum absolute atomic E-state index is 12.4. The minimum Gasteiger partial charge on any atom is -0.339 e. The average molecular weight is 252 g/mol. The van der Waals surface area contributed by atoms with Gasteiger partial charge in [-0.15, -0.1) is 0 Å². The van der Waals surface area contributed by atoms with Gasteiger partial charge in [-0.1, -0.05) is 0 Å². The number of hydrogen-bond acceptors (Lipinski definition) is 3. The van der Waals surface area contributed by atoms with Gasteiger partial charge in [-0.05, 0) is 19.4 Å². The van der Waals surface area contributed by atoms with Gasteiger partial charge in [0.15, 0.2) is 0 Å². The van der Waals surface area contributed by atoms with E-state index in [1.54, 1.807) is 0 Å². The third-order valence-electron chi connectivity index (χ3n) is 4.19. The molecule has 6 heteroatoms. The van der Waals surface area contributed by atoms with Gasteiger partial charge in [-0.25, -0.2) is 4.79 Å². The molecule has 3 aliphatic rings. The number of urea groups is 1. The van der Waals surface area contributed by atoms with E-state index in [9.17, 15) is 9.59 Å². The van der Waals surface area contributed by atoms with Crippen molar-refractivity contribution in [2.24, 2.45) is 5.92 Å². The number of amides is 3. The summed E-state index contributed by atoms with van der Waals surface area (Å²) in [5.74, 6) is 0.400. The molecule has 0 aliphatic carbocycles. The lowest BCUT2D eigenvalue weighted by Gasteiger charge is -2.38. The Kier molecular flexibility index (Phi) is 3.11. The fourth-order valence-corrected chi connectivity index (χ4v) is 3.13. The number of fused-ring (bicyclic) bond motifs is 1. The van der Waals surface area contributed by atoms with Crippen LogP contribution in [0.2, 0.25) is 0 Å². The summed E-state index contributed by atoms with van der Waals surface area (Å²) >= 11 is 0. The minimum absolute atomic E-state index is 0.0198. The van der Waals surface area contributed by atoms with E-state index in [-0.39, 0.29) is 23.9 Å². The SMILES string of the molecule is O=C([C@H]1CCCNC1)N1CCN2C(=O)NCC2C1. The normalized spacial score (nSPS) is 32.1. The van der Waals surface area contributed by atoms with Crippen molar-refractivity contribution in [2.45, 2.75) is 18.9 Å². The van der Waals surface area contributed by atoms with E-state index in [0.717, 1.165) is 25.9 Å². The van der Waals surface area contributed by atoms with Crippen molar-refractivity contribution < 1.29 is 9.59 Å². The molecular formula is C12H20N4O2. The van der Waals surface area contributed by atoms with Crippen LogP contribution in [0.15, 0.2) is 0 Å². The first-order valence-electron chi connectivity index (χ1n) is 6.79. The van der Waals surface area contributed by atoms with Gasteiger partial charge in [0.1, 0.15) is 0 Å². The number of nitrogens with zero attached hydrogens (tertiary/aromatic N) is 2. The fraction of sp³-hybridized carbons (Fsp3) is 0.833. The summed E-state index contributed by atoms with van der Waals surface area (Å²) in [6.45, 7) is 4.54. The van der Waals surface area contributed by atoms with Gasteiger partial charge >= 0.3 is 6.03 Å². The Morgan fingerprint density at radius 1 is 1.28 bits per heavy atom. The molecule has 3 rings (SSSR count). The monoisotopic (exact) mass is 252 g/mol. The molecular weight excluding hydrogens is 232 g/mol. The van der Waals surface area contributed by atoms with E-state index in [4.69, 9.17) is 0 Å². The summed E-state index contributed by atoms with van der Waals surface area (Å²) in [6, 6.07) is 0.193. The summed E-state index contributed by atoms with van der Waals surface area (Å²) in [5.41, 5.74) is 0. The molecule has 18 heavy (non-hydrogen) atoms. The number of carbonyl (C=O) groups excluding carboxylic acids is 2. The van der Waals surface area contributed by atoms with Gasteiger partial charge in [0, 0.05) is 32.7 Å². The van der Waals surface area contributed by atoms with Crippen molar-refractivity contribution in [3.05, 3.63) is 0 Å². The van der Waals surface area contributed by atoms with Crippen molar-refractivity contribution in [1.82, 2.24) is 20.4 Å². The molecule has 0 aromatic carbocycles. The van der Waals surface area contributed by atoms with Crippen LogP contribution >= 0.6 is 0 Å². The van der Waals surface area contributed by atoms with Crippen LogP contribution in [-0.4, -0.2) is 67.0 Å². The van der Waals surface area contributed by atoms with Crippen LogP contribution in [-0.2, 0) is 4.79 Å². The second-order valence-electron chi connectivity index (χ2n) is 5.36. The maximum atomic E-state index is 12.4. The minimum atomic E-state index is 0.0198. The van der Waals surface area contributed by atoms with E-state index in [0.29, 0.717) is 26.2 Å². The number of rotatable bonds is 1. The second kappa shape index (κ2) is 4.76. The molecule has 3 heterocycles. The molecule has 0 saturated carbocycles. The zero-order valence-corrected chi connectivity index (χ0v) is 10.5. The van der Waals surface area contributed by atoms with Crippen LogP contribution in [0.5, 0.6) is 0 Å². The average Bonchev–Trinajstić information content (AvgIpc) is 2.80. The van der Waals surface area contributed by atoms with Crippen molar-refractivity contribution in [3.8, 4) is 0 Å². The van der Waals surface area contributed by atoms with Crippen molar-refractivity contribution in [1.29, 1.82) is 0 Å². The van der Waals surface area contributed by atoms with Crippen LogP contribution in [0.25, 0.3) is 0 Å². The third kappa shape index (κ3) is 2.05. The van der Waals surface area contributed by atoms with Gasteiger partial charge in [0.25, 0.3) is 0 Å². The summed E-state index contributed by atoms with van der Waals surface area (Å²) < 4.78 is 0. The lowest BCUT2D eigenvalue weighted by atomic mass is 9.97. The topological polar surface area (TPSA) is 64.7 Å². The Balaban J connectivity index is 1.60. The van der Waals surface area contributed by atoms with E-state index >= 15 is 0 Å². The smallest absolute Gasteiger partial charge is 0.317 e. The first kappa shape index (κ1) is 11.8. The van der Waals surface area contributed by atoms with Crippen molar-refractivity contribution in [2.75, 3.05) is 39.3 Å². The predicted molar refractivity (Wildman–Crippen MR) is 66.1 cm³/mol. The predicted octanol–water partition coefficient (Wildman–Crippen LogP) is -0.778. The van der Waals surface area contributed by atoms with Crippen molar-refractivity contribution in [3.63, 3.8) is 0 Å². The Bertz CT molecular complexity index is 354. The second-order valence-corrected chi connectivity index (χ2v) is 5.36. The summed E-state index contributed by atoms with van der Waals surface area (Å²) in [5, 5.41) is 6.12. The standard InChI is InChI=1S/C12H20N4O2/c17-11(9-2-1-3-13-6-9)15-4-5-16-10(8-15)7-14-12(16)18/h9-10,13H,1-8H2,(H,14,18)/t9-,10?/m0/s1. The van der Waals surface area contributed by atoms with Crippen LogP contribution in [0.1, 0.15) is 12.8 Å². The number of nitrogens with one attached hydrogen (secondary N) is 2. The third-order valence-corrected chi connectivity index (χ3v) is 4.19. The number of carbonyl (C=O) groups is 2. The molecule has 1 unspecified atom stereocenters. The number of piperidine rings is 1. The highest BCUT2D eigenvalue weighted by atomic mass is 16.2. The molecule has 6 nitrogen and oxygen atoms in total. The molecule has 3 aliphatic heterocycles. The molecule has 2 N–H and O–H groups in total. The zero-order chi connectivity index (χ0) is 12.5. The Morgan fingerprint density at radius 3 is 2.94 bits per heavy atom. The highest BCUT2D eigenvalue weighted by molar-refractivity contribution is 5.81. The molecule has 3 amide bonds. The molecule has 3 fully saturated rings. The van der Waals surface area contributed by atoms with Crippen molar-refractivity contribution >= 4 is 11.9 Å². The number of piperazine rings is 1. The molecule has 100 valence electrons. The van der Waals surface area contributed by atoms with E-state index in [2.05, 4.69) is 10.6 Å². The van der Waals surface area contributed by atoms with Gasteiger partial charge in [-0.3, -0.25) is 4.79 Å². The van der Waals surface area contributed by atoms with Crippen LogP contribution in [0, 0.1) is 5.92 Å². The van der Waals surface area contributed by atoms with Gasteiger partial charge < -0.3 is 20.4 Å². The van der Waals surface area contributed by atoms with Gasteiger partial charge in [0.2, 0.25) is 5.91 Å².